The SMILES string of the molecule is OC(c1nc2ccccc2s1)C12CCC(OCc3c(-c4c(Cl)cccc4Cl)noc3C3CC3)(CC1)CC2. The van der Waals surface area contributed by atoms with Gasteiger partial charge in [-0.15, -0.1) is 11.3 Å². The van der Waals surface area contributed by atoms with Crippen molar-refractivity contribution in [2.45, 2.75) is 75.6 Å². The summed E-state index contributed by atoms with van der Waals surface area (Å²) in [5.41, 5.74) is 3.05. The average molecular weight is 556 g/mol. The second-order valence-corrected chi connectivity index (χ2v) is 12.9. The summed E-state index contributed by atoms with van der Waals surface area (Å²) in [6, 6.07) is 13.6. The molecule has 0 aliphatic heterocycles. The van der Waals surface area contributed by atoms with Gasteiger partial charge in [-0.3, -0.25) is 0 Å². The third kappa shape index (κ3) is 4.12. The maximum absolute atomic E-state index is 11.5. The van der Waals surface area contributed by atoms with Gasteiger partial charge < -0.3 is 14.4 Å². The van der Waals surface area contributed by atoms with Crippen molar-refractivity contribution in [2.75, 3.05) is 0 Å². The fraction of sp³-hybridized carbons (Fsp3) is 0.448. The summed E-state index contributed by atoms with van der Waals surface area (Å²) < 4.78 is 13.7. The molecule has 8 rings (SSSR count). The zero-order valence-electron chi connectivity index (χ0n) is 20.4. The zero-order chi connectivity index (χ0) is 25.2. The molecule has 1 N–H and O–H groups in total. The molecule has 5 nitrogen and oxygen atoms in total. The first kappa shape index (κ1) is 24.1. The van der Waals surface area contributed by atoms with Gasteiger partial charge in [-0.2, -0.15) is 0 Å². The number of ether oxygens (including phenoxy) is 1. The van der Waals surface area contributed by atoms with E-state index in [9.17, 15) is 5.11 Å². The van der Waals surface area contributed by atoms with Gasteiger partial charge in [0.05, 0.1) is 32.5 Å². The van der Waals surface area contributed by atoms with E-state index < -0.39 is 6.10 Å². The number of aliphatic hydroxyl groups excluding tert-OH is 1. The van der Waals surface area contributed by atoms with Crippen molar-refractivity contribution in [2.24, 2.45) is 5.41 Å². The zero-order valence-corrected chi connectivity index (χ0v) is 22.7. The minimum atomic E-state index is -0.531. The number of halogens is 2. The molecule has 2 heterocycles. The lowest BCUT2D eigenvalue weighted by atomic mass is 9.56. The Kier molecular flexibility index (Phi) is 5.90. The van der Waals surface area contributed by atoms with Crippen LogP contribution in [-0.4, -0.2) is 20.8 Å². The quantitative estimate of drug-likeness (QED) is 0.248. The molecule has 4 fully saturated rings. The van der Waals surface area contributed by atoms with Gasteiger partial charge >= 0.3 is 0 Å². The van der Waals surface area contributed by atoms with Crippen LogP contribution in [-0.2, 0) is 11.3 Å². The highest BCUT2D eigenvalue weighted by atomic mass is 35.5. The molecule has 1 unspecified atom stereocenters. The fourth-order valence-corrected chi connectivity index (χ4v) is 8.02. The summed E-state index contributed by atoms with van der Waals surface area (Å²) in [7, 11) is 0. The van der Waals surface area contributed by atoms with Crippen LogP contribution in [0.15, 0.2) is 47.0 Å². The second kappa shape index (κ2) is 9.06. The Morgan fingerprint density at radius 1 is 1.00 bits per heavy atom. The van der Waals surface area contributed by atoms with Crippen LogP contribution in [0.3, 0.4) is 0 Å². The minimum Gasteiger partial charge on any atom is -0.385 e. The number of fused-ring (bicyclic) bond motifs is 4. The van der Waals surface area contributed by atoms with E-state index in [1.54, 1.807) is 11.3 Å². The Hall–Kier alpha value is -1.96. The number of thiazole rings is 1. The van der Waals surface area contributed by atoms with Gasteiger partial charge in [0, 0.05) is 22.5 Å². The van der Waals surface area contributed by atoms with Gasteiger partial charge in [-0.25, -0.2) is 4.98 Å². The minimum absolute atomic E-state index is 0.119. The standard InChI is InChI=1S/C29H28Cl2N2O3S/c30-19-4-3-5-20(31)23(19)24-18(25(36-33-24)17-8-9-17)16-35-29-13-10-28(11-14-29,12-15-29)26(34)27-32-21-6-1-2-7-22(21)37-27/h1-7,17,26,34H,8-16H2. The number of aromatic nitrogens is 2. The van der Waals surface area contributed by atoms with Crippen LogP contribution in [0.4, 0.5) is 0 Å². The van der Waals surface area contributed by atoms with Crippen molar-refractivity contribution in [3.63, 3.8) is 0 Å². The predicted octanol–water partition coefficient (Wildman–Crippen LogP) is 8.48. The third-order valence-corrected chi connectivity index (χ3v) is 10.6. The van der Waals surface area contributed by atoms with Crippen molar-refractivity contribution in [1.29, 1.82) is 0 Å². The molecular weight excluding hydrogens is 527 g/mol. The van der Waals surface area contributed by atoms with Crippen LogP contribution in [0.5, 0.6) is 0 Å². The van der Waals surface area contributed by atoms with Crippen molar-refractivity contribution in [3.8, 4) is 11.3 Å². The molecule has 4 aliphatic rings. The highest BCUT2D eigenvalue weighted by molar-refractivity contribution is 7.18. The van der Waals surface area contributed by atoms with Gasteiger partial charge in [0.25, 0.3) is 0 Å². The molecule has 4 saturated carbocycles. The Morgan fingerprint density at radius 3 is 2.38 bits per heavy atom. The number of benzene rings is 2. The number of rotatable bonds is 7. The summed E-state index contributed by atoms with van der Waals surface area (Å²) in [6.45, 7) is 0.430. The van der Waals surface area contributed by atoms with Gasteiger partial charge in [-0.05, 0) is 75.6 Å². The lowest BCUT2D eigenvalue weighted by Gasteiger charge is -2.54. The first-order valence-corrected chi connectivity index (χ1v) is 14.6. The van der Waals surface area contributed by atoms with E-state index in [0.29, 0.717) is 33.8 Å². The Labute approximate surface area is 229 Å². The van der Waals surface area contributed by atoms with Gasteiger partial charge in [-0.1, -0.05) is 46.6 Å². The van der Waals surface area contributed by atoms with Gasteiger partial charge in [0.15, 0.2) is 0 Å². The number of nitrogens with zero attached hydrogens (tertiary/aromatic N) is 2. The fourth-order valence-electron chi connectivity index (χ4n) is 6.35. The number of hydrogen-bond acceptors (Lipinski definition) is 6. The van der Waals surface area contributed by atoms with E-state index in [4.69, 9.17) is 37.4 Å². The highest BCUT2D eigenvalue weighted by Crippen LogP contribution is 2.60. The number of hydrogen-bond donors (Lipinski definition) is 1. The molecule has 0 spiro atoms. The average Bonchev–Trinajstić information content (AvgIpc) is 3.54. The van der Waals surface area contributed by atoms with E-state index >= 15 is 0 Å². The Balaban J connectivity index is 1.10. The summed E-state index contributed by atoms with van der Waals surface area (Å²) in [6.07, 6.45) is 7.29. The summed E-state index contributed by atoms with van der Waals surface area (Å²) in [4.78, 5) is 4.77. The lowest BCUT2D eigenvalue weighted by Crippen LogP contribution is -2.49. The van der Waals surface area contributed by atoms with Crippen LogP contribution in [0, 0.1) is 5.41 Å². The van der Waals surface area contributed by atoms with E-state index in [1.165, 1.54) is 0 Å². The van der Waals surface area contributed by atoms with Crippen molar-refractivity contribution < 1.29 is 14.4 Å². The molecule has 2 bridgehead atoms. The predicted molar refractivity (Wildman–Crippen MR) is 146 cm³/mol. The third-order valence-electron chi connectivity index (χ3n) is 8.85. The van der Waals surface area contributed by atoms with Gasteiger partial charge in [0.1, 0.15) is 22.6 Å². The van der Waals surface area contributed by atoms with Gasteiger partial charge in [0.2, 0.25) is 0 Å². The largest absolute Gasteiger partial charge is 0.385 e. The van der Waals surface area contributed by atoms with Crippen LogP contribution in [0.1, 0.15) is 79.7 Å². The first-order valence-electron chi connectivity index (χ1n) is 13.1. The molecule has 4 aliphatic carbocycles. The number of para-hydroxylation sites is 1. The smallest absolute Gasteiger partial charge is 0.145 e. The summed E-state index contributed by atoms with van der Waals surface area (Å²) >= 11 is 14.7. The van der Waals surface area contributed by atoms with Crippen LogP contribution in [0.25, 0.3) is 21.5 Å². The molecular formula is C29H28Cl2N2O3S. The van der Waals surface area contributed by atoms with E-state index in [-0.39, 0.29) is 11.0 Å². The molecule has 37 heavy (non-hydrogen) atoms. The maximum Gasteiger partial charge on any atom is 0.145 e. The van der Waals surface area contributed by atoms with E-state index in [2.05, 4.69) is 11.2 Å². The molecule has 0 amide bonds. The highest BCUT2D eigenvalue weighted by Gasteiger charge is 2.53. The normalized spacial score (nSPS) is 26.1. The molecule has 0 saturated heterocycles. The van der Waals surface area contributed by atoms with Crippen LogP contribution < -0.4 is 0 Å². The summed E-state index contributed by atoms with van der Waals surface area (Å²) in [5.74, 6) is 1.31. The Bertz CT molecular complexity index is 1400. The maximum atomic E-state index is 11.5. The van der Waals surface area contributed by atoms with Crippen molar-refractivity contribution in [1.82, 2.24) is 10.1 Å². The molecule has 0 radical (unpaired) electrons. The molecule has 192 valence electrons. The molecule has 1 atom stereocenters. The number of aliphatic hydroxyl groups is 1. The van der Waals surface area contributed by atoms with E-state index in [0.717, 1.165) is 77.9 Å². The molecule has 2 aromatic carbocycles. The first-order chi connectivity index (χ1) is 18.0. The van der Waals surface area contributed by atoms with Crippen LogP contribution in [0.2, 0.25) is 10.0 Å². The van der Waals surface area contributed by atoms with Crippen molar-refractivity contribution in [3.05, 3.63) is 68.8 Å². The topological polar surface area (TPSA) is 68.4 Å². The lowest BCUT2D eigenvalue weighted by molar-refractivity contribution is -0.169. The Morgan fingerprint density at radius 2 is 1.70 bits per heavy atom. The molecule has 8 heteroatoms. The van der Waals surface area contributed by atoms with E-state index in [1.807, 2.05) is 36.4 Å². The van der Waals surface area contributed by atoms with Crippen molar-refractivity contribution >= 4 is 44.8 Å². The molecule has 2 aromatic heterocycles. The monoisotopic (exact) mass is 554 g/mol. The molecule has 4 aromatic rings. The summed E-state index contributed by atoms with van der Waals surface area (Å²) in [5, 5.41) is 17.8. The second-order valence-electron chi connectivity index (χ2n) is 11.0. The van der Waals surface area contributed by atoms with Crippen LogP contribution >= 0.6 is 34.5 Å².